The third kappa shape index (κ3) is 5.09. The van der Waals surface area contributed by atoms with Crippen molar-refractivity contribution in [2.24, 2.45) is 0 Å². The number of carbonyl (C=O) groups is 2. The number of para-hydroxylation sites is 1. The van der Waals surface area contributed by atoms with Gasteiger partial charge in [0.25, 0.3) is 5.91 Å². The highest BCUT2D eigenvalue weighted by molar-refractivity contribution is 6.06. The van der Waals surface area contributed by atoms with Gasteiger partial charge in [0.15, 0.2) is 0 Å². The summed E-state index contributed by atoms with van der Waals surface area (Å²) < 4.78 is 0. The van der Waals surface area contributed by atoms with Crippen LogP contribution in [0.3, 0.4) is 0 Å². The summed E-state index contributed by atoms with van der Waals surface area (Å²) in [6.07, 6.45) is 3.08. The Morgan fingerprint density at radius 1 is 0.812 bits per heavy atom. The zero-order valence-corrected chi connectivity index (χ0v) is 18.2. The van der Waals surface area contributed by atoms with E-state index in [9.17, 15) is 9.59 Å². The van der Waals surface area contributed by atoms with Crippen molar-refractivity contribution < 1.29 is 9.59 Å². The molecule has 3 amide bonds. The van der Waals surface area contributed by atoms with Crippen LogP contribution < -0.4 is 20.9 Å². The number of nitrogens with one attached hydrogen (secondary N) is 3. The van der Waals surface area contributed by atoms with Crippen LogP contribution in [0.5, 0.6) is 0 Å². The summed E-state index contributed by atoms with van der Waals surface area (Å²) in [5.74, 6) is -0.188. The van der Waals surface area contributed by atoms with Gasteiger partial charge in [-0.05, 0) is 61.2 Å². The minimum Gasteiger partial charge on any atom is -0.370 e. The number of hydrogen-bond acceptors (Lipinski definition) is 3. The average Bonchev–Trinajstić information content (AvgIpc) is 3.35. The molecule has 1 fully saturated rings. The lowest BCUT2D eigenvalue weighted by atomic mass is 10.1. The fourth-order valence-corrected chi connectivity index (χ4v) is 3.97. The highest BCUT2D eigenvalue weighted by atomic mass is 16.2. The van der Waals surface area contributed by atoms with Crippen LogP contribution in [-0.4, -0.2) is 25.0 Å². The number of urea groups is 1. The van der Waals surface area contributed by atoms with Gasteiger partial charge in [-0.2, -0.15) is 0 Å². The maximum Gasteiger partial charge on any atom is 0.323 e. The molecule has 0 bridgehead atoms. The molecule has 1 saturated heterocycles. The van der Waals surface area contributed by atoms with E-state index in [-0.39, 0.29) is 11.9 Å². The van der Waals surface area contributed by atoms with E-state index in [0.29, 0.717) is 16.9 Å². The standard InChI is InChI=1S/C26H28N4O2/c1-2-19-10-6-7-13-22(19)28-26(32)29-23-18-21(14-15-24(23)30-16-8-9-17-30)27-25(31)20-11-4-3-5-12-20/h3-7,10-15,18H,2,8-9,16-17H2,1H3,(H,27,31)(H2,28,29,32). The first kappa shape index (κ1) is 21.4. The van der Waals surface area contributed by atoms with Crippen LogP contribution in [0, 0.1) is 0 Å². The van der Waals surface area contributed by atoms with Gasteiger partial charge in [-0.1, -0.05) is 43.3 Å². The minimum absolute atomic E-state index is 0.188. The average molecular weight is 429 g/mol. The van der Waals surface area contributed by atoms with Crippen LogP contribution in [-0.2, 0) is 6.42 Å². The van der Waals surface area contributed by atoms with Gasteiger partial charge in [0, 0.05) is 30.0 Å². The Morgan fingerprint density at radius 3 is 2.25 bits per heavy atom. The third-order valence-corrected chi connectivity index (χ3v) is 5.63. The van der Waals surface area contributed by atoms with Crippen molar-refractivity contribution in [2.75, 3.05) is 33.9 Å². The molecule has 6 nitrogen and oxygen atoms in total. The van der Waals surface area contributed by atoms with Crippen molar-refractivity contribution in [1.82, 2.24) is 0 Å². The summed E-state index contributed by atoms with van der Waals surface area (Å²) in [7, 11) is 0. The Bertz CT molecular complexity index is 1090. The number of nitrogens with zero attached hydrogens (tertiary/aromatic N) is 1. The van der Waals surface area contributed by atoms with Gasteiger partial charge in [0.2, 0.25) is 0 Å². The molecule has 1 heterocycles. The number of anilines is 4. The van der Waals surface area contributed by atoms with E-state index in [1.807, 2.05) is 60.7 Å². The number of benzene rings is 3. The first-order valence-electron chi connectivity index (χ1n) is 11.1. The maximum atomic E-state index is 12.8. The SMILES string of the molecule is CCc1ccccc1NC(=O)Nc1cc(NC(=O)c2ccccc2)ccc1N1CCCC1. The molecular formula is C26H28N4O2. The number of rotatable bonds is 6. The molecule has 1 aliphatic heterocycles. The Labute approximate surface area is 188 Å². The summed E-state index contributed by atoms with van der Waals surface area (Å²) in [5, 5.41) is 8.88. The highest BCUT2D eigenvalue weighted by Gasteiger charge is 2.18. The lowest BCUT2D eigenvalue weighted by Gasteiger charge is -2.23. The van der Waals surface area contributed by atoms with E-state index < -0.39 is 0 Å². The molecule has 6 heteroatoms. The van der Waals surface area contributed by atoms with Crippen molar-refractivity contribution in [2.45, 2.75) is 26.2 Å². The summed E-state index contributed by atoms with van der Waals surface area (Å²) in [5.41, 5.74) is 4.71. The second-order valence-corrected chi connectivity index (χ2v) is 7.84. The summed E-state index contributed by atoms with van der Waals surface area (Å²) in [6, 6.07) is 22.2. The summed E-state index contributed by atoms with van der Waals surface area (Å²) >= 11 is 0. The molecule has 0 radical (unpaired) electrons. The van der Waals surface area contributed by atoms with Gasteiger partial charge in [-0.15, -0.1) is 0 Å². The molecule has 0 saturated carbocycles. The molecule has 164 valence electrons. The highest BCUT2D eigenvalue weighted by Crippen LogP contribution is 2.32. The van der Waals surface area contributed by atoms with Crippen LogP contribution in [0.2, 0.25) is 0 Å². The molecule has 0 spiro atoms. The number of amides is 3. The number of hydrogen-bond donors (Lipinski definition) is 3. The molecule has 32 heavy (non-hydrogen) atoms. The van der Waals surface area contributed by atoms with Crippen molar-refractivity contribution >= 4 is 34.7 Å². The summed E-state index contributed by atoms with van der Waals surface area (Å²) in [4.78, 5) is 27.7. The molecule has 0 aliphatic carbocycles. The molecule has 0 aromatic heterocycles. The maximum absolute atomic E-state index is 12.8. The first-order valence-corrected chi connectivity index (χ1v) is 11.1. The zero-order valence-electron chi connectivity index (χ0n) is 18.2. The molecular weight excluding hydrogens is 400 g/mol. The molecule has 3 aromatic rings. The molecule has 0 atom stereocenters. The number of aryl methyl sites for hydroxylation is 1. The van der Waals surface area contributed by atoms with Crippen LogP contribution in [0.15, 0.2) is 72.8 Å². The third-order valence-electron chi connectivity index (χ3n) is 5.63. The van der Waals surface area contributed by atoms with E-state index in [4.69, 9.17) is 0 Å². The van der Waals surface area contributed by atoms with Crippen molar-refractivity contribution in [3.8, 4) is 0 Å². The Balaban J connectivity index is 1.55. The fourth-order valence-electron chi connectivity index (χ4n) is 3.97. The Morgan fingerprint density at radius 2 is 1.50 bits per heavy atom. The molecule has 0 unspecified atom stereocenters. The Hall–Kier alpha value is -3.80. The van der Waals surface area contributed by atoms with Crippen molar-refractivity contribution in [3.05, 3.63) is 83.9 Å². The predicted molar refractivity (Wildman–Crippen MR) is 131 cm³/mol. The Kier molecular flexibility index (Phi) is 6.70. The van der Waals surface area contributed by atoms with Gasteiger partial charge in [0.05, 0.1) is 11.4 Å². The normalized spacial score (nSPS) is 13.0. The van der Waals surface area contributed by atoms with Crippen molar-refractivity contribution in [3.63, 3.8) is 0 Å². The lowest BCUT2D eigenvalue weighted by molar-refractivity contribution is 0.102. The van der Waals surface area contributed by atoms with Crippen LogP contribution in [0.1, 0.15) is 35.7 Å². The van der Waals surface area contributed by atoms with Gasteiger partial charge >= 0.3 is 6.03 Å². The van der Waals surface area contributed by atoms with Crippen LogP contribution >= 0.6 is 0 Å². The lowest BCUT2D eigenvalue weighted by Crippen LogP contribution is -2.24. The van der Waals surface area contributed by atoms with Crippen LogP contribution in [0.25, 0.3) is 0 Å². The van der Waals surface area contributed by atoms with Crippen molar-refractivity contribution in [1.29, 1.82) is 0 Å². The smallest absolute Gasteiger partial charge is 0.323 e. The van der Waals surface area contributed by atoms with E-state index >= 15 is 0 Å². The first-order chi connectivity index (χ1) is 15.6. The van der Waals surface area contributed by atoms with Gasteiger partial charge in [-0.25, -0.2) is 4.79 Å². The molecule has 3 N–H and O–H groups in total. The minimum atomic E-state index is -0.308. The molecule has 4 rings (SSSR count). The van der Waals surface area contributed by atoms with Crippen LogP contribution in [0.4, 0.5) is 27.5 Å². The topological polar surface area (TPSA) is 73.5 Å². The summed E-state index contributed by atoms with van der Waals surface area (Å²) in [6.45, 7) is 3.96. The monoisotopic (exact) mass is 428 g/mol. The largest absolute Gasteiger partial charge is 0.370 e. The van der Waals surface area contributed by atoms with Gasteiger partial charge in [-0.3, -0.25) is 4.79 Å². The van der Waals surface area contributed by atoms with Gasteiger partial charge < -0.3 is 20.9 Å². The van der Waals surface area contributed by atoms with E-state index in [1.165, 1.54) is 0 Å². The van der Waals surface area contributed by atoms with E-state index in [1.54, 1.807) is 12.1 Å². The second kappa shape index (κ2) is 10.0. The zero-order chi connectivity index (χ0) is 22.3. The van der Waals surface area contributed by atoms with E-state index in [2.05, 4.69) is 27.8 Å². The quantitative estimate of drug-likeness (QED) is 0.468. The predicted octanol–water partition coefficient (Wildman–Crippen LogP) is 5.75. The van der Waals surface area contributed by atoms with E-state index in [0.717, 1.165) is 49.3 Å². The number of carbonyl (C=O) groups excluding carboxylic acids is 2. The fraction of sp³-hybridized carbons (Fsp3) is 0.231. The molecule has 1 aliphatic rings. The molecule has 3 aromatic carbocycles. The second-order valence-electron chi connectivity index (χ2n) is 7.84. The van der Waals surface area contributed by atoms with Gasteiger partial charge in [0.1, 0.15) is 0 Å².